The summed E-state index contributed by atoms with van der Waals surface area (Å²) in [7, 11) is 0. The Hall–Kier alpha value is -3.04. The summed E-state index contributed by atoms with van der Waals surface area (Å²) in [6.45, 7) is 6.52. The number of anilines is 1. The Morgan fingerprint density at radius 3 is 2.86 bits per heavy atom. The minimum Gasteiger partial charge on any atom is -0.379 e. The summed E-state index contributed by atoms with van der Waals surface area (Å²) < 4.78 is 7.44. The molecule has 1 aliphatic heterocycles. The highest BCUT2D eigenvalue weighted by molar-refractivity contribution is 5.92. The lowest BCUT2D eigenvalue weighted by Crippen LogP contribution is -2.38. The van der Waals surface area contributed by atoms with Crippen LogP contribution in [0.25, 0.3) is 11.0 Å². The van der Waals surface area contributed by atoms with Crippen LogP contribution in [0.3, 0.4) is 0 Å². The van der Waals surface area contributed by atoms with Crippen LogP contribution in [0, 0.1) is 6.92 Å². The summed E-state index contributed by atoms with van der Waals surface area (Å²) in [4.78, 5) is 37.9. The molecule has 0 unspecified atom stereocenters. The number of aromatic amines is 1. The number of morpholine rings is 1. The summed E-state index contributed by atoms with van der Waals surface area (Å²) >= 11 is 0. The molecule has 2 aromatic heterocycles. The van der Waals surface area contributed by atoms with Crippen LogP contribution < -0.4 is 10.9 Å². The third-order valence-electron chi connectivity index (χ3n) is 5.17. The van der Waals surface area contributed by atoms with Crippen molar-refractivity contribution in [2.75, 3.05) is 38.2 Å². The molecule has 0 aliphatic carbocycles. The zero-order valence-corrected chi connectivity index (χ0v) is 16.4. The molecule has 1 amide bonds. The van der Waals surface area contributed by atoms with Crippen molar-refractivity contribution in [1.82, 2.24) is 24.4 Å². The van der Waals surface area contributed by atoms with Gasteiger partial charge in [-0.05, 0) is 19.1 Å². The summed E-state index contributed by atoms with van der Waals surface area (Å²) in [6, 6.07) is 7.82. The molecule has 2 N–H and O–H groups in total. The number of rotatable bonds is 6. The Bertz CT molecular complexity index is 1070. The quantitative estimate of drug-likeness (QED) is 0.643. The Balaban J connectivity index is 1.53. The topological polar surface area (TPSA) is 105 Å². The van der Waals surface area contributed by atoms with Crippen molar-refractivity contribution < 1.29 is 9.53 Å². The van der Waals surface area contributed by atoms with E-state index in [4.69, 9.17) is 4.74 Å². The molecule has 9 nitrogen and oxygen atoms in total. The van der Waals surface area contributed by atoms with Gasteiger partial charge in [0.25, 0.3) is 5.56 Å². The Kier molecular flexibility index (Phi) is 5.68. The summed E-state index contributed by atoms with van der Waals surface area (Å²) in [6.07, 6.45) is 1.33. The van der Waals surface area contributed by atoms with Crippen molar-refractivity contribution >= 4 is 22.9 Å². The predicted octanol–water partition coefficient (Wildman–Crippen LogP) is 0.941. The molecule has 1 aromatic carbocycles. The first-order valence-electron chi connectivity index (χ1n) is 9.70. The van der Waals surface area contributed by atoms with Crippen LogP contribution >= 0.6 is 0 Å². The van der Waals surface area contributed by atoms with Gasteiger partial charge in [-0.15, -0.1) is 0 Å². The van der Waals surface area contributed by atoms with Gasteiger partial charge in [0.05, 0.1) is 42.7 Å². The van der Waals surface area contributed by atoms with Gasteiger partial charge in [0.1, 0.15) is 0 Å². The number of carbonyl (C=O) groups excluding carboxylic acids is 1. The number of hydrogen-bond donors (Lipinski definition) is 2. The highest BCUT2D eigenvalue weighted by Gasteiger charge is 2.17. The molecule has 3 heterocycles. The third-order valence-corrected chi connectivity index (χ3v) is 5.17. The lowest BCUT2D eigenvalue weighted by molar-refractivity contribution is -0.115. The number of hydrogen-bond acceptors (Lipinski definition) is 6. The molecule has 0 radical (unpaired) electrons. The number of imidazole rings is 1. The van der Waals surface area contributed by atoms with E-state index in [1.807, 2.05) is 28.8 Å². The van der Waals surface area contributed by atoms with Crippen molar-refractivity contribution in [1.29, 1.82) is 0 Å². The van der Waals surface area contributed by atoms with Gasteiger partial charge in [-0.2, -0.15) is 0 Å². The van der Waals surface area contributed by atoms with Gasteiger partial charge in [-0.1, -0.05) is 12.1 Å². The average molecular weight is 396 g/mol. The maximum atomic E-state index is 12.6. The van der Waals surface area contributed by atoms with Crippen LogP contribution in [0.4, 0.5) is 5.95 Å². The van der Waals surface area contributed by atoms with Crippen molar-refractivity contribution in [2.24, 2.45) is 0 Å². The predicted molar refractivity (Wildman–Crippen MR) is 109 cm³/mol. The fraction of sp³-hybridized carbons (Fsp3) is 0.400. The van der Waals surface area contributed by atoms with E-state index in [2.05, 4.69) is 25.2 Å². The third kappa shape index (κ3) is 4.36. The van der Waals surface area contributed by atoms with Crippen LogP contribution in [-0.2, 0) is 22.5 Å². The van der Waals surface area contributed by atoms with Gasteiger partial charge in [-0.25, -0.2) is 9.97 Å². The highest BCUT2D eigenvalue weighted by Crippen LogP contribution is 2.20. The van der Waals surface area contributed by atoms with Gasteiger partial charge in [-0.3, -0.25) is 19.8 Å². The summed E-state index contributed by atoms with van der Waals surface area (Å²) in [5.74, 6) is 0.251. The van der Waals surface area contributed by atoms with Crippen LogP contribution in [0.2, 0.25) is 0 Å². The molecule has 0 spiro atoms. The smallest absolute Gasteiger partial charge is 0.253 e. The molecule has 0 bridgehead atoms. The first-order chi connectivity index (χ1) is 14.1. The molecule has 1 saturated heterocycles. The van der Waals surface area contributed by atoms with Gasteiger partial charge >= 0.3 is 0 Å². The Morgan fingerprint density at radius 2 is 2.03 bits per heavy atom. The second-order valence-corrected chi connectivity index (χ2v) is 7.06. The molecule has 9 heteroatoms. The normalized spacial score (nSPS) is 14.9. The van der Waals surface area contributed by atoms with Crippen molar-refractivity contribution in [3.05, 3.63) is 52.2 Å². The number of fused-ring (bicyclic) bond motifs is 1. The summed E-state index contributed by atoms with van der Waals surface area (Å²) in [5.41, 5.74) is 2.48. The minimum atomic E-state index is -0.255. The van der Waals surface area contributed by atoms with E-state index in [1.54, 1.807) is 6.92 Å². The van der Waals surface area contributed by atoms with Crippen LogP contribution in [0.1, 0.15) is 11.3 Å². The van der Waals surface area contributed by atoms with Crippen LogP contribution in [0.5, 0.6) is 0 Å². The second-order valence-electron chi connectivity index (χ2n) is 7.06. The number of nitrogens with one attached hydrogen (secondary N) is 2. The van der Waals surface area contributed by atoms with E-state index in [0.717, 1.165) is 43.9 Å². The van der Waals surface area contributed by atoms with Crippen LogP contribution in [-0.4, -0.2) is 63.2 Å². The molecule has 1 fully saturated rings. The fourth-order valence-electron chi connectivity index (χ4n) is 3.47. The van der Waals surface area contributed by atoms with E-state index in [9.17, 15) is 9.59 Å². The first-order valence-corrected chi connectivity index (χ1v) is 9.70. The van der Waals surface area contributed by atoms with Crippen LogP contribution in [0.15, 0.2) is 35.4 Å². The number of carbonyl (C=O) groups is 1. The monoisotopic (exact) mass is 396 g/mol. The van der Waals surface area contributed by atoms with Gasteiger partial charge in [0.15, 0.2) is 0 Å². The average Bonchev–Trinajstić information content (AvgIpc) is 3.07. The number of para-hydroxylation sites is 2. The van der Waals surface area contributed by atoms with Crippen molar-refractivity contribution in [3.63, 3.8) is 0 Å². The molecular weight excluding hydrogens is 372 g/mol. The highest BCUT2D eigenvalue weighted by atomic mass is 16.5. The minimum absolute atomic E-state index is 0.0163. The Labute approximate surface area is 167 Å². The maximum Gasteiger partial charge on any atom is 0.253 e. The largest absolute Gasteiger partial charge is 0.379 e. The summed E-state index contributed by atoms with van der Waals surface area (Å²) in [5, 5.41) is 2.90. The molecule has 0 saturated carbocycles. The number of nitrogens with zero attached hydrogens (tertiary/aromatic N) is 4. The number of benzene rings is 1. The van der Waals surface area contributed by atoms with Crippen molar-refractivity contribution in [3.8, 4) is 0 Å². The van der Waals surface area contributed by atoms with Gasteiger partial charge in [0, 0.05) is 31.7 Å². The molecule has 1 aliphatic rings. The molecule has 0 atom stereocenters. The molecule has 152 valence electrons. The number of H-pyrrole nitrogens is 1. The lowest BCUT2D eigenvalue weighted by atomic mass is 10.2. The SMILES string of the molecule is Cc1c(CC(=O)Nc2nc3ccccc3n2CCN2CCOCC2)nc[nH]c1=O. The van der Waals surface area contributed by atoms with Gasteiger partial charge in [0.2, 0.25) is 11.9 Å². The zero-order valence-electron chi connectivity index (χ0n) is 16.4. The van der Waals surface area contributed by atoms with E-state index in [1.165, 1.54) is 6.33 Å². The molecule has 4 rings (SSSR count). The first kappa shape index (κ1) is 19.3. The van der Waals surface area contributed by atoms with E-state index >= 15 is 0 Å². The lowest BCUT2D eigenvalue weighted by Gasteiger charge is -2.26. The molecular formula is C20H24N6O3. The fourth-order valence-corrected chi connectivity index (χ4v) is 3.47. The standard InChI is InChI=1S/C20H24N6O3/c1-14-16(21-13-22-19(14)28)12-18(27)24-20-23-15-4-2-3-5-17(15)26(20)7-6-25-8-10-29-11-9-25/h2-5,13H,6-12H2,1H3,(H,21,22,28)(H,23,24,27). The number of aromatic nitrogens is 4. The Morgan fingerprint density at radius 1 is 1.24 bits per heavy atom. The second kappa shape index (κ2) is 8.54. The van der Waals surface area contributed by atoms with E-state index < -0.39 is 0 Å². The number of ether oxygens (including phenoxy) is 1. The number of amides is 1. The van der Waals surface area contributed by atoms with E-state index in [-0.39, 0.29) is 17.9 Å². The molecule has 29 heavy (non-hydrogen) atoms. The maximum absolute atomic E-state index is 12.6. The van der Waals surface area contributed by atoms with Gasteiger partial charge < -0.3 is 14.3 Å². The molecule has 3 aromatic rings. The van der Waals surface area contributed by atoms with E-state index in [0.29, 0.717) is 23.8 Å². The van der Waals surface area contributed by atoms with Crippen molar-refractivity contribution in [2.45, 2.75) is 19.9 Å². The zero-order chi connectivity index (χ0) is 20.2.